The monoisotopic (exact) mass is 304 g/mol. The first-order valence-corrected chi connectivity index (χ1v) is 8.21. The van der Waals surface area contributed by atoms with Gasteiger partial charge < -0.3 is 15.0 Å². The van der Waals surface area contributed by atoms with Crippen LogP contribution < -0.4 is 10.2 Å². The second-order valence-electron chi connectivity index (χ2n) is 6.53. The van der Waals surface area contributed by atoms with E-state index in [9.17, 15) is 4.79 Å². The molecule has 1 heterocycles. The Balaban J connectivity index is 2.07. The van der Waals surface area contributed by atoms with Gasteiger partial charge in [0, 0.05) is 30.9 Å². The third-order valence-electron chi connectivity index (χ3n) is 4.11. The van der Waals surface area contributed by atoms with Crippen molar-refractivity contribution in [2.24, 2.45) is 5.92 Å². The summed E-state index contributed by atoms with van der Waals surface area (Å²) in [7, 11) is 0. The molecule has 1 aromatic carbocycles. The van der Waals surface area contributed by atoms with E-state index >= 15 is 0 Å². The lowest BCUT2D eigenvalue weighted by Crippen LogP contribution is -2.36. The highest BCUT2D eigenvalue weighted by molar-refractivity contribution is 5.92. The fourth-order valence-electron chi connectivity index (χ4n) is 2.76. The van der Waals surface area contributed by atoms with Gasteiger partial charge in [0.15, 0.2) is 0 Å². The van der Waals surface area contributed by atoms with Crippen LogP contribution in [0.15, 0.2) is 12.1 Å². The van der Waals surface area contributed by atoms with E-state index < -0.39 is 0 Å². The highest BCUT2D eigenvalue weighted by atomic mass is 16.5. The summed E-state index contributed by atoms with van der Waals surface area (Å²) in [6.45, 7) is 11.8. The highest BCUT2D eigenvalue weighted by Crippen LogP contribution is 2.28. The smallest absolute Gasteiger partial charge is 0.224 e. The maximum Gasteiger partial charge on any atom is 0.224 e. The Morgan fingerprint density at radius 1 is 1.23 bits per heavy atom. The molecule has 2 rings (SSSR count). The van der Waals surface area contributed by atoms with Crippen LogP contribution in [0.2, 0.25) is 0 Å². The molecule has 1 aliphatic rings. The number of hydrogen-bond acceptors (Lipinski definition) is 3. The van der Waals surface area contributed by atoms with Crippen LogP contribution in [0, 0.1) is 19.8 Å². The van der Waals surface area contributed by atoms with Crippen molar-refractivity contribution in [3.05, 3.63) is 23.3 Å². The van der Waals surface area contributed by atoms with Crippen LogP contribution in [0.25, 0.3) is 0 Å². The average molecular weight is 304 g/mol. The number of rotatable bonds is 5. The molecule has 22 heavy (non-hydrogen) atoms. The van der Waals surface area contributed by atoms with Crippen molar-refractivity contribution >= 4 is 17.3 Å². The minimum atomic E-state index is 0.110. The number of amides is 1. The third-order valence-corrected chi connectivity index (χ3v) is 4.11. The molecule has 0 aliphatic carbocycles. The Bertz CT molecular complexity index is 497. The molecule has 0 saturated carbocycles. The van der Waals surface area contributed by atoms with Gasteiger partial charge in [0.1, 0.15) is 0 Å². The van der Waals surface area contributed by atoms with Gasteiger partial charge in [0.25, 0.3) is 0 Å². The van der Waals surface area contributed by atoms with E-state index in [0.717, 1.165) is 49.5 Å². The van der Waals surface area contributed by atoms with Crippen LogP contribution in [0.5, 0.6) is 0 Å². The van der Waals surface area contributed by atoms with Gasteiger partial charge in [-0.2, -0.15) is 0 Å². The van der Waals surface area contributed by atoms with Gasteiger partial charge in [0.2, 0.25) is 5.91 Å². The molecule has 1 N–H and O–H groups in total. The summed E-state index contributed by atoms with van der Waals surface area (Å²) in [6.07, 6.45) is 1.51. The lowest BCUT2D eigenvalue weighted by molar-refractivity contribution is -0.116. The molecule has 0 radical (unpaired) electrons. The summed E-state index contributed by atoms with van der Waals surface area (Å²) in [5.74, 6) is 0.663. The molecule has 4 nitrogen and oxygen atoms in total. The average Bonchev–Trinajstić information content (AvgIpc) is 2.49. The number of ether oxygens (including phenoxy) is 1. The number of benzene rings is 1. The molecule has 1 amide bonds. The maximum atomic E-state index is 12.1. The zero-order chi connectivity index (χ0) is 16.1. The predicted molar refractivity (Wildman–Crippen MR) is 91.6 cm³/mol. The molecule has 0 aromatic heterocycles. The van der Waals surface area contributed by atoms with Crippen molar-refractivity contribution in [2.45, 2.75) is 40.5 Å². The van der Waals surface area contributed by atoms with E-state index in [-0.39, 0.29) is 5.91 Å². The first-order valence-electron chi connectivity index (χ1n) is 8.21. The van der Waals surface area contributed by atoms with Gasteiger partial charge in [-0.25, -0.2) is 0 Å². The van der Waals surface area contributed by atoms with E-state index in [2.05, 4.69) is 50.0 Å². The molecular weight excluding hydrogens is 276 g/mol. The quantitative estimate of drug-likeness (QED) is 0.905. The number of carbonyl (C=O) groups excluding carboxylic acids is 1. The molecule has 1 fully saturated rings. The molecule has 0 unspecified atom stereocenters. The van der Waals surface area contributed by atoms with Crippen molar-refractivity contribution < 1.29 is 9.53 Å². The molecule has 1 saturated heterocycles. The van der Waals surface area contributed by atoms with Crippen LogP contribution in [0.4, 0.5) is 11.4 Å². The van der Waals surface area contributed by atoms with Gasteiger partial charge in [-0.15, -0.1) is 0 Å². The zero-order valence-corrected chi connectivity index (χ0v) is 14.2. The molecule has 1 aromatic rings. The second-order valence-corrected chi connectivity index (χ2v) is 6.53. The number of anilines is 2. The Hall–Kier alpha value is -1.55. The van der Waals surface area contributed by atoms with Crippen LogP contribution >= 0.6 is 0 Å². The molecular formula is C18H28N2O2. The second kappa shape index (κ2) is 7.63. The van der Waals surface area contributed by atoms with E-state index in [4.69, 9.17) is 4.74 Å². The minimum Gasteiger partial charge on any atom is -0.378 e. The Morgan fingerprint density at radius 3 is 2.36 bits per heavy atom. The number of morpholine rings is 1. The Labute approximate surface area is 133 Å². The summed E-state index contributed by atoms with van der Waals surface area (Å²) in [4.78, 5) is 14.4. The Morgan fingerprint density at radius 2 is 1.82 bits per heavy atom. The minimum absolute atomic E-state index is 0.110. The van der Waals surface area contributed by atoms with E-state index in [0.29, 0.717) is 12.3 Å². The number of nitrogens with zero attached hydrogens (tertiary/aromatic N) is 1. The van der Waals surface area contributed by atoms with Crippen molar-refractivity contribution in [1.29, 1.82) is 0 Å². The van der Waals surface area contributed by atoms with Gasteiger partial charge in [-0.05, 0) is 49.4 Å². The van der Waals surface area contributed by atoms with Crippen molar-refractivity contribution in [3.8, 4) is 0 Å². The lowest BCUT2D eigenvalue weighted by atomic mass is 10.1. The molecule has 0 spiro atoms. The van der Waals surface area contributed by atoms with E-state index in [1.54, 1.807) is 0 Å². The summed E-state index contributed by atoms with van der Waals surface area (Å²) in [5.41, 5.74) is 4.43. The summed E-state index contributed by atoms with van der Waals surface area (Å²) >= 11 is 0. The SMILES string of the molecule is Cc1cc(N2CCOCC2)cc(C)c1NC(=O)CCC(C)C. The molecule has 4 heteroatoms. The molecule has 122 valence electrons. The Kier molecular flexibility index (Phi) is 5.83. The van der Waals surface area contributed by atoms with Crippen molar-refractivity contribution in [1.82, 2.24) is 0 Å². The lowest BCUT2D eigenvalue weighted by Gasteiger charge is -2.30. The van der Waals surface area contributed by atoms with Crippen LogP contribution in [0.3, 0.4) is 0 Å². The highest BCUT2D eigenvalue weighted by Gasteiger charge is 2.15. The summed E-state index contributed by atoms with van der Waals surface area (Å²) in [6, 6.07) is 4.33. The van der Waals surface area contributed by atoms with E-state index in [1.807, 2.05) is 0 Å². The maximum absolute atomic E-state index is 12.1. The fraction of sp³-hybridized carbons (Fsp3) is 0.611. The fourth-order valence-corrected chi connectivity index (χ4v) is 2.76. The molecule has 0 bridgehead atoms. The van der Waals surface area contributed by atoms with Crippen molar-refractivity contribution in [2.75, 3.05) is 36.5 Å². The van der Waals surface area contributed by atoms with Gasteiger partial charge >= 0.3 is 0 Å². The first kappa shape index (κ1) is 16.8. The van der Waals surface area contributed by atoms with Crippen molar-refractivity contribution in [3.63, 3.8) is 0 Å². The standard InChI is InChI=1S/C18H28N2O2/c1-13(2)5-6-17(21)19-18-14(3)11-16(12-15(18)4)20-7-9-22-10-8-20/h11-13H,5-10H2,1-4H3,(H,19,21). The topological polar surface area (TPSA) is 41.6 Å². The number of aryl methyl sites for hydroxylation is 2. The van der Waals surface area contributed by atoms with Crippen LogP contribution in [-0.2, 0) is 9.53 Å². The first-order chi connectivity index (χ1) is 10.5. The van der Waals surface area contributed by atoms with Crippen LogP contribution in [0.1, 0.15) is 37.8 Å². The molecule has 0 atom stereocenters. The summed E-state index contributed by atoms with van der Waals surface area (Å²) < 4.78 is 5.41. The van der Waals surface area contributed by atoms with Gasteiger partial charge in [-0.3, -0.25) is 4.79 Å². The summed E-state index contributed by atoms with van der Waals surface area (Å²) in [5, 5.41) is 3.08. The van der Waals surface area contributed by atoms with Gasteiger partial charge in [0.05, 0.1) is 13.2 Å². The molecule has 1 aliphatic heterocycles. The number of carbonyl (C=O) groups is 1. The van der Waals surface area contributed by atoms with Gasteiger partial charge in [-0.1, -0.05) is 13.8 Å². The largest absolute Gasteiger partial charge is 0.378 e. The predicted octanol–water partition coefficient (Wildman–Crippen LogP) is 3.51. The number of nitrogens with one attached hydrogen (secondary N) is 1. The van der Waals surface area contributed by atoms with Crippen LogP contribution in [-0.4, -0.2) is 32.2 Å². The normalized spacial score (nSPS) is 15.2. The zero-order valence-electron chi connectivity index (χ0n) is 14.2. The van der Waals surface area contributed by atoms with E-state index in [1.165, 1.54) is 5.69 Å². The number of hydrogen-bond donors (Lipinski definition) is 1. The third kappa shape index (κ3) is 4.47.